The van der Waals surface area contributed by atoms with Gasteiger partial charge in [0, 0.05) is 4.70 Å². The number of ether oxygens (including phenoxy) is 1. The Hall–Kier alpha value is -2.73. The van der Waals surface area contributed by atoms with Crippen LogP contribution in [0.2, 0.25) is 0 Å². The van der Waals surface area contributed by atoms with Crippen LogP contribution >= 0.6 is 11.3 Å². The van der Waals surface area contributed by atoms with E-state index in [1.165, 1.54) is 36.5 Å². The van der Waals surface area contributed by atoms with Gasteiger partial charge in [-0.1, -0.05) is 30.3 Å². The van der Waals surface area contributed by atoms with E-state index in [1.54, 1.807) is 12.1 Å². The summed E-state index contributed by atoms with van der Waals surface area (Å²) in [6.45, 7) is 1.45. The lowest BCUT2D eigenvalue weighted by Crippen LogP contribution is -2.30. The minimum Gasteiger partial charge on any atom is -0.448 e. The van der Waals surface area contributed by atoms with E-state index >= 15 is 0 Å². The van der Waals surface area contributed by atoms with Gasteiger partial charge in [0.25, 0.3) is 5.91 Å². The Morgan fingerprint density at radius 1 is 1.12 bits per heavy atom. The maximum absolute atomic E-state index is 13.5. The molecule has 122 valence electrons. The third-order valence-electron chi connectivity index (χ3n) is 3.41. The summed E-state index contributed by atoms with van der Waals surface area (Å²) in [4.78, 5) is 24.7. The van der Waals surface area contributed by atoms with E-state index in [4.69, 9.17) is 4.74 Å². The molecular weight excluding hydrogens is 329 g/mol. The first-order chi connectivity index (χ1) is 11.5. The average Bonchev–Trinajstić information content (AvgIpc) is 3.01. The molecule has 1 N–H and O–H groups in total. The fraction of sp³-hybridized carbons (Fsp3) is 0.111. The first-order valence-corrected chi connectivity index (χ1v) is 8.11. The predicted molar refractivity (Wildman–Crippen MR) is 91.7 cm³/mol. The van der Waals surface area contributed by atoms with E-state index in [0.717, 1.165) is 10.1 Å². The zero-order valence-corrected chi connectivity index (χ0v) is 13.6. The van der Waals surface area contributed by atoms with Gasteiger partial charge in [0.15, 0.2) is 6.10 Å². The van der Waals surface area contributed by atoms with Gasteiger partial charge in [0.2, 0.25) is 0 Å². The van der Waals surface area contributed by atoms with Gasteiger partial charge >= 0.3 is 5.97 Å². The zero-order valence-electron chi connectivity index (χ0n) is 12.8. The number of carbonyl (C=O) groups is 2. The maximum atomic E-state index is 13.5. The number of esters is 1. The average molecular weight is 343 g/mol. The van der Waals surface area contributed by atoms with Gasteiger partial charge in [-0.25, -0.2) is 9.18 Å². The zero-order chi connectivity index (χ0) is 17.1. The summed E-state index contributed by atoms with van der Waals surface area (Å²) >= 11 is 1.30. The van der Waals surface area contributed by atoms with Gasteiger partial charge in [-0.05, 0) is 36.6 Å². The Kier molecular flexibility index (Phi) is 4.57. The third-order valence-corrected chi connectivity index (χ3v) is 4.51. The highest BCUT2D eigenvalue weighted by Crippen LogP contribution is 2.26. The van der Waals surface area contributed by atoms with Crippen LogP contribution in [0.3, 0.4) is 0 Å². The Morgan fingerprint density at radius 2 is 1.83 bits per heavy atom. The van der Waals surface area contributed by atoms with Crippen molar-refractivity contribution in [2.45, 2.75) is 13.0 Å². The summed E-state index contributed by atoms with van der Waals surface area (Å²) in [6.07, 6.45) is -1.04. The van der Waals surface area contributed by atoms with Crippen molar-refractivity contribution in [2.24, 2.45) is 0 Å². The van der Waals surface area contributed by atoms with E-state index in [2.05, 4.69) is 5.32 Å². The number of thiophene rings is 1. The van der Waals surface area contributed by atoms with Crippen molar-refractivity contribution < 1.29 is 18.7 Å². The number of rotatable bonds is 4. The molecular formula is C18H14FNO3S. The van der Waals surface area contributed by atoms with Crippen molar-refractivity contribution >= 4 is 39.0 Å². The number of anilines is 1. The van der Waals surface area contributed by atoms with Crippen molar-refractivity contribution in [2.75, 3.05) is 5.32 Å². The number of halogens is 1. The molecule has 0 aliphatic rings. The number of amides is 1. The fourth-order valence-electron chi connectivity index (χ4n) is 2.15. The van der Waals surface area contributed by atoms with Crippen molar-refractivity contribution in [3.63, 3.8) is 0 Å². The molecule has 1 aromatic heterocycles. The summed E-state index contributed by atoms with van der Waals surface area (Å²) in [5, 5.41) is 3.35. The molecule has 1 heterocycles. The second-order valence-electron chi connectivity index (χ2n) is 5.17. The summed E-state index contributed by atoms with van der Waals surface area (Å²) in [6, 6.07) is 15.1. The van der Waals surface area contributed by atoms with Crippen LogP contribution in [-0.2, 0) is 9.53 Å². The van der Waals surface area contributed by atoms with Crippen LogP contribution in [0.15, 0.2) is 54.6 Å². The second-order valence-corrected chi connectivity index (χ2v) is 6.25. The number of nitrogens with one attached hydrogen (secondary N) is 1. The quantitative estimate of drug-likeness (QED) is 0.722. The molecule has 0 radical (unpaired) electrons. The fourth-order valence-corrected chi connectivity index (χ4v) is 3.10. The Bertz CT molecular complexity index is 873. The number of hydrogen-bond donors (Lipinski definition) is 1. The maximum Gasteiger partial charge on any atom is 0.349 e. The Labute approximate surface area is 141 Å². The topological polar surface area (TPSA) is 55.4 Å². The van der Waals surface area contributed by atoms with Crippen molar-refractivity contribution in [1.82, 2.24) is 0 Å². The molecule has 6 heteroatoms. The first kappa shape index (κ1) is 16.1. The standard InChI is InChI=1S/C18H14FNO3S/c1-11(17(21)20-14-8-4-3-7-13(14)19)23-18(22)16-10-12-6-2-5-9-15(12)24-16/h2-11H,1H3,(H,20,21)/t11-/m0/s1. The highest BCUT2D eigenvalue weighted by molar-refractivity contribution is 7.20. The molecule has 1 atom stereocenters. The number of carbonyl (C=O) groups excluding carboxylic acids is 2. The molecule has 24 heavy (non-hydrogen) atoms. The first-order valence-electron chi connectivity index (χ1n) is 7.29. The van der Waals surface area contributed by atoms with Crippen LogP contribution in [0.4, 0.5) is 10.1 Å². The number of hydrogen-bond acceptors (Lipinski definition) is 4. The Balaban J connectivity index is 1.67. The number of fused-ring (bicyclic) bond motifs is 1. The third kappa shape index (κ3) is 3.44. The lowest BCUT2D eigenvalue weighted by atomic mass is 10.2. The van der Waals surface area contributed by atoms with Crippen molar-refractivity contribution in [3.8, 4) is 0 Å². The van der Waals surface area contributed by atoms with Crippen LogP contribution in [0.1, 0.15) is 16.6 Å². The van der Waals surface area contributed by atoms with Crippen LogP contribution in [0.25, 0.3) is 10.1 Å². The van der Waals surface area contributed by atoms with Gasteiger partial charge in [-0.3, -0.25) is 4.79 Å². The van der Waals surface area contributed by atoms with Crippen LogP contribution in [0, 0.1) is 5.82 Å². The van der Waals surface area contributed by atoms with Gasteiger partial charge in [-0.2, -0.15) is 0 Å². The molecule has 0 saturated carbocycles. The molecule has 0 aliphatic heterocycles. The van der Waals surface area contributed by atoms with E-state index in [9.17, 15) is 14.0 Å². The molecule has 0 saturated heterocycles. The van der Waals surface area contributed by atoms with Gasteiger partial charge in [0.1, 0.15) is 10.7 Å². The lowest BCUT2D eigenvalue weighted by molar-refractivity contribution is -0.123. The Morgan fingerprint density at radius 3 is 2.58 bits per heavy atom. The molecule has 0 aliphatic carbocycles. The van der Waals surface area contributed by atoms with Crippen molar-refractivity contribution in [1.29, 1.82) is 0 Å². The van der Waals surface area contributed by atoms with Crippen LogP contribution < -0.4 is 5.32 Å². The second kappa shape index (κ2) is 6.80. The minimum absolute atomic E-state index is 0.0484. The molecule has 0 spiro atoms. The molecule has 2 aromatic carbocycles. The van der Waals surface area contributed by atoms with E-state index in [0.29, 0.717) is 4.88 Å². The van der Waals surface area contributed by atoms with E-state index in [1.807, 2.05) is 24.3 Å². The van der Waals surface area contributed by atoms with E-state index < -0.39 is 23.8 Å². The van der Waals surface area contributed by atoms with Gasteiger partial charge in [0.05, 0.1) is 5.69 Å². The number of para-hydroxylation sites is 1. The molecule has 1 amide bonds. The van der Waals surface area contributed by atoms with Gasteiger partial charge in [-0.15, -0.1) is 11.3 Å². The molecule has 4 nitrogen and oxygen atoms in total. The van der Waals surface area contributed by atoms with Crippen LogP contribution in [-0.4, -0.2) is 18.0 Å². The monoisotopic (exact) mass is 343 g/mol. The summed E-state index contributed by atoms with van der Waals surface area (Å²) in [5.74, 6) is -1.71. The summed E-state index contributed by atoms with van der Waals surface area (Å²) in [5.41, 5.74) is 0.0484. The number of benzene rings is 2. The van der Waals surface area contributed by atoms with Crippen LogP contribution in [0.5, 0.6) is 0 Å². The highest BCUT2D eigenvalue weighted by atomic mass is 32.1. The normalized spacial score (nSPS) is 11.9. The predicted octanol–water partition coefficient (Wildman–Crippen LogP) is 4.22. The SMILES string of the molecule is C[C@H](OC(=O)c1cc2ccccc2s1)C(=O)Nc1ccccc1F. The van der Waals surface area contributed by atoms with Crippen molar-refractivity contribution in [3.05, 3.63) is 65.3 Å². The summed E-state index contributed by atoms with van der Waals surface area (Å²) < 4.78 is 19.7. The van der Waals surface area contributed by atoms with E-state index in [-0.39, 0.29) is 5.69 Å². The minimum atomic E-state index is -1.04. The highest BCUT2D eigenvalue weighted by Gasteiger charge is 2.21. The molecule has 3 aromatic rings. The molecule has 3 rings (SSSR count). The molecule has 0 bridgehead atoms. The summed E-state index contributed by atoms with van der Waals surface area (Å²) in [7, 11) is 0. The van der Waals surface area contributed by atoms with Gasteiger partial charge < -0.3 is 10.1 Å². The smallest absolute Gasteiger partial charge is 0.349 e. The molecule has 0 unspecified atom stereocenters. The lowest BCUT2D eigenvalue weighted by Gasteiger charge is -2.13. The molecule has 0 fully saturated rings. The largest absolute Gasteiger partial charge is 0.448 e.